The number of nitriles is 2. The molecule has 0 heterocycles. The zero-order valence-corrected chi connectivity index (χ0v) is 12.0. The van der Waals surface area contributed by atoms with Crippen molar-refractivity contribution in [2.75, 3.05) is 13.6 Å². The Morgan fingerprint density at radius 1 is 1.42 bits per heavy atom. The first-order chi connectivity index (χ1) is 8.82. The molecule has 0 spiro atoms. The van der Waals surface area contributed by atoms with E-state index in [1.54, 1.807) is 6.92 Å². The van der Waals surface area contributed by atoms with E-state index in [4.69, 9.17) is 22.1 Å². The summed E-state index contributed by atoms with van der Waals surface area (Å²) in [6.45, 7) is 1.69. The van der Waals surface area contributed by atoms with E-state index >= 15 is 0 Å². The van der Waals surface area contributed by atoms with Gasteiger partial charge in [-0.3, -0.25) is 0 Å². The molecule has 0 radical (unpaired) electrons. The maximum absolute atomic E-state index is 12.3. The number of rotatable bonds is 4. The molecular weight excluding hydrogens is 286 g/mol. The predicted octanol–water partition coefficient (Wildman–Crippen LogP) is 1.99. The lowest BCUT2D eigenvalue weighted by Crippen LogP contribution is -2.31. The summed E-state index contributed by atoms with van der Waals surface area (Å²) < 4.78 is 25.6. The Bertz CT molecular complexity index is 659. The summed E-state index contributed by atoms with van der Waals surface area (Å²) in [5, 5.41) is 17.6. The van der Waals surface area contributed by atoms with Crippen molar-refractivity contribution in [3.05, 3.63) is 28.8 Å². The van der Waals surface area contributed by atoms with E-state index in [9.17, 15) is 8.42 Å². The van der Waals surface area contributed by atoms with Crippen molar-refractivity contribution in [1.82, 2.24) is 4.31 Å². The zero-order chi connectivity index (χ0) is 14.6. The van der Waals surface area contributed by atoms with Crippen LogP contribution in [0.4, 0.5) is 0 Å². The van der Waals surface area contributed by atoms with Gasteiger partial charge in [0.1, 0.15) is 4.90 Å². The molecule has 0 N–H and O–H groups in total. The van der Waals surface area contributed by atoms with Crippen LogP contribution in [0.15, 0.2) is 23.1 Å². The first-order valence-corrected chi connectivity index (χ1v) is 7.20. The van der Waals surface area contributed by atoms with Gasteiger partial charge in [0.05, 0.1) is 28.6 Å². The van der Waals surface area contributed by atoms with Crippen LogP contribution in [-0.4, -0.2) is 26.3 Å². The van der Waals surface area contributed by atoms with Crippen molar-refractivity contribution in [2.45, 2.75) is 11.8 Å². The molecule has 5 nitrogen and oxygen atoms in total. The lowest BCUT2D eigenvalue weighted by molar-refractivity contribution is 0.439. The second-order valence-electron chi connectivity index (χ2n) is 4.07. The summed E-state index contributed by atoms with van der Waals surface area (Å²) in [6, 6.07) is 7.87. The van der Waals surface area contributed by atoms with E-state index in [-0.39, 0.29) is 22.0 Å². The van der Waals surface area contributed by atoms with Gasteiger partial charge in [0.15, 0.2) is 0 Å². The Kier molecular flexibility index (Phi) is 4.90. The molecule has 19 heavy (non-hydrogen) atoms. The molecule has 7 heteroatoms. The van der Waals surface area contributed by atoms with Gasteiger partial charge in [0.25, 0.3) is 0 Å². The highest BCUT2D eigenvalue weighted by atomic mass is 35.5. The van der Waals surface area contributed by atoms with Crippen LogP contribution < -0.4 is 0 Å². The van der Waals surface area contributed by atoms with Gasteiger partial charge >= 0.3 is 0 Å². The highest BCUT2D eigenvalue weighted by Crippen LogP contribution is 2.25. The Hall–Kier alpha value is -1.60. The van der Waals surface area contributed by atoms with Gasteiger partial charge in [-0.2, -0.15) is 14.8 Å². The summed E-state index contributed by atoms with van der Waals surface area (Å²) in [7, 11) is -2.43. The molecule has 1 rings (SSSR count). The second-order valence-corrected chi connectivity index (χ2v) is 6.49. The zero-order valence-electron chi connectivity index (χ0n) is 10.5. The highest BCUT2D eigenvalue weighted by molar-refractivity contribution is 7.89. The van der Waals surface area contributed by atoms with Gasteiger partial charge < -0.3 is 0 Å². The fourth-order valence-corrected chi connectivity index (χ4v) is 3.22. The van der Waals surface area contributed by atoms with Gasteiger partial charge in [-0.15, -0.1) is 0 Å². The molecule has 0 aliphatic heterocycles. The average Bonchev–Trinajstić information content (AvgIpc) is 2.38. The predicted molar refractivity (Wildman–Crippen MR) is 70.8 cm³/mol. The molecule has 0 bridgehead atoms. The number of hydrogen-bond acceptors (Lipinski definition) is 4. The van der Waals surface area contributed by atoms with Gasteiger partial charge in [-0.05, 0) is 25.1 Å². The van der Waals surface area contributed by atoms with Crippen molar-refractivity contribution in [3.63, 3.8) is 0 Å². The quantitative estimate of drug-likeness (QED) is 0.850. The lowest BCUT2D eigenvalue weighted by atomic mass is 10.2. The summed E-state index contributed by atoms with van der Waals surface area (Å²) in [4.78, 5) is -0.124. The van der Waals surface area contributed by atoms with Gasteiger partial charge in [0.2, 0.25) is 10.0 Å². The van der Waals surface area contributed by atoms with E-state index in [0.29, 0.717) is 0 Å². The maximum atomic E-state index is 12.3. The Labute approximate surface area is 117 Å². The summed E-state index contributed by atoms with van der Waals surface area (Å²) in [5.74, 6) is -0.433. The third kappa shape index (κ3) is 3.45. The summed E-state index contributed by atoms with van der Waals surface area (Å²) >= 11 is 5.87. The van der Waals surface area contributed by atoms with Crippen LogP contribution in [0.5, 0.6) is 0 Å². The van der Waals surface area contributed by atoms with E-state index < -0.39 is 15.9 Å². The van der Waals surface area contributed by atoms with Crippen LogP contribution >= 0.6 is 11.6 Å². The van der Waals surface area contributed by atoms with Crippen molar-refractivity contribution in [1.29, 1.82) is 10.5 Å². The minimum atomic E-state index is -3.81. The number of benzene rings is 1. The largest absolute Gasteiger partial charge is 0.244 e. The van der Waals surface area contributed by atoms with E-state index in [0.717, 1.165) is 4.31 Å². The minimum Gasteiger partial charge on any atom is -0.207 e. The molecule has 0 aliphatic carbocycles. The fourth-order valence-electron chi connectivity index (χ4n) is 1.46. The third-order valence-corrected chi connectivity index (χ3v) is 4.80. The van der Waals surface area contributed by atoms with Crippen LogP contribution in [0.25, 0.3) is 0 Å². The molecule has 1 unspecified atom stereocenters. The van der Waals surface area contributed by atoms with E-state index in [2.05, 4.69) is 0 Å². The molecule has 0 aliphatic rings. The molecule has 1 atom stereocenters. The highest BCUT2D eigenvalue weighted by Gasteiger charge is 2.25. The number of halogens is 1. The monoisotopic (exact) mass is 297 g/mol. The summed E-state index contributed by atoms with van der Waals surface area (Å²) in [5.41, 5.74) is 0.213. The van der Waals surface area contributed by atoms with Crippen molar-refractivity contribution < 1.29 is 8.42 Å². The molecule has 0 saturated heterocycles. The van der Waals surface area contributed by atoms with E-state index in [1.165, 1.54) is 25.2 Å². The molecule has 1 aromatic carbocycles. The smallest absolute Gasteiger partial charge is 0.207 e. The number of hydrogen-bond donors (Lipinski definition) is 0. The van der Waals surface area contributed by atoms with Crippen molar-refractivity contribution in [2.24, 2.45) is 5.92 Å². The molecule has 0 amide bonds. The van der Waals surface area contributed by atoms with Crippen LogP contribution in [0.3, 0.4) is 0 Å². The van der Waals surface area contributed by atoms with Gasteiger partial charge in [-0.1, -0.05) is 11.6 Å². The molecule has 1 aromatic rings. The van der Waals surface area contributed by atoms with Crippen molar-refractivity contribution >= 4 is 21.6 Å². The van der Waals surface area contributed by atoms with Crippen LogP contribution in [-0.2, 0) is 10.0 Å². The average molecular weight is 298 g/mol. The summed E-state index contributed by atoms with van der Waals surface area (Å²) in [6.07, 6.45) is 0. The van der Waals surface area contributed by atoms with Crippen LogP contribution in [0.1, 0.15) is 12.5 Å². The number of nitrogens with zero attached hydrogens (tertiary/aromatic N) is 3. The van der Waals surface area contributed by atoms with Crippen LogP contribution in [0, 0.1) is 28.6 Å². The van der Waals surface area contributed by atoms with Gasteiger partial charge in [0, 0.05) is 13.6 Å². The maximum Gasteiger partial charge on any atom is 0.244 e. The molecule has 0 fully saturated rings. The van der Waals surface area contributed by atoms with Gasteiger partial charge in [-0.25, -0.2) is 8.42 Å². The minimum absolute atomic E-state index is 0.0514. The third-order valence-electron chi connectivity index (χ3n) is 2.50. The van der Waals surface area contributed by atoms with Crippen molar-refractivity contribution in [3.8, 4) is 12.1 Å². The standard InChI is InChI=1S/C12H12ClN3O2S/c1-9(6-14)8-16(2)19(17,18)12-5-10(7-15)3-4-11(12)13/h3-5,9H,8H2,1-2H3. The second kappa shape index (κ2) is 6.03. The normalized spacial score (nSPS) is 12.7. The first-order valence-electron chi connectivity index (χ1n) is 5.38. The molecule has 0 saturated carbocycles. The molecular formula is C12H12ClN3O2S. The topological polar surface area (TPSA) is 85.0 Å². The fraction of sp³-hybridized carbons (Fsp3) is 0.333. The molecule has 100 valence electrons. The first kappa shape index (κ1) is 15.5. The molecule has 0 aromatic heterocycles. The Balaban J connectivity index is 3.21. The van der Waals surface area contributed by atoms with E-state index in [1.807, 2.05) is 12.1 Å². The SMILES string of the molecule is CC(C#N)CN(C)S(=O)(=O)c1cc(C#N)ccc1Cl. The van der Waals surface area contributed by atoms with Crippen LogP contribution in [0.2, 0.25) is 5.02 Å². The Morgan fingerprint density at radius 2 is 2.05 bits per heavy atom. The lowest BCUT2D eigenvalue weighted by Gasteiger charge is -2.19. The Morgan fingerprint density at radius 3 is 2.58 bits per heavy atom. The number of sulfonamides is 1.